The number of hydrogen-bond acceptors (Lipinski definition) is 1. The van der Waals surface area contributed by atoms with Crippen LogP contribution in [0, 0.1) is 0 Å². The molecule has 0 atom stereocenters. The van der Waals surface area contributed by atoms with Gasteiger partial charge in [-0.25, -0.2) is 0 Å². The summed E-state index contributed by atoms with van der Waals surface area (Å²) < 4.78 is 1.03. The van der Waals surface area contributed by atoms with Gasteiger partial charge in [0.1, 0.15) is 0 Å². The third-order valence-corrected chi connectivity index (χ3v) is 2.54. The summed E-state index contributed by atoms with van der Waals surface area (Å²) in [6.07, 6.45) is 3.00. The average Bonchev–Trinajstić information content (AvgIpc) is 2.03. The van der Waals surface area contributed by atoms with E-state index in [1.165, 1.54) is 10.5 Å². The molecule has 0 N–H and O–H groups in total. The van der Waals surface area contributed by atoms with E-state index in [4.69, 9.17) is 0 Å². The first-order valence-electron chi connectivity index (χ1n) is 3.68. The van der Waals surface area contributed by atoms with Gasteiger partial charge in [-0.3, -0.25) is 0 Å². The fraction of sp³-hybridized carbons (Fsp3) is 0.200. The molecular weight excluding hydrogens is 232 g/mol. The molecular formula is C10H11BrS. The minimum Gasteiger partial charge on any atom is -0.130 e. The molecule has 1 rings (SSSR count). The van der Waals surface area contributed by atoms with E-state index < -0.39 is 0 Å². The number of allylic oxidation sites excluding steroid dienone is 1. The van der Waals surface area contributed by atoms with Crippen molar-refractivity contribution in [1.82, 2.24) is 0 Å². The summed E-state index contributed by atoms with van der Waals surface area (Å²) >= 11 is 5.12. The van der Waals surface area contributed by atoms with E-state index in [9.17, 15) is 0 Å². The maximum atomic E-state index is 3.82. The van der Waals surface area contributed by atoms with Crippen molar-refractivity contribution in [1.29, 1.82) is 0 Å². The Morgan fingerprint density at radius 3 is 2.92 bits per heavy atom. The summed E-state index contributed by atoms with van der Waals surface area (Å²) in [5, 5.41) is 0. The number of thioether (sulfide) groups is 1. The van der Waals surface area contributed by atoms with Crippen molar-refractivity contribution in [3.05, 3.63) is 40.9 Å². The van der Waals surface area contributed by atoms with Crippen LogP contribution in [0.5, 0.6) is 0 Å². The number of halogens is 1. The van der Waals surface area contributed by atoms with Crippen molar-refractivity contribution in [3.63, 3.8) is 0 Å². The Labute approximate surface area is 86.2 Å². The van der Waals surface area contributed by atoms with Crippen molar-refractivity contribution in [2.45, 2.75) is 11.3 Å². The zero-order valence-corrected chi connectivity index (χ0v) is 9.41. The third kappa shape index (κ3) is 3.03. The Balaban J connectivity index is 2.79. The van der Waals surface area contributed by atoms with Crippen LogP contribution in [0.4, 0.5) is 0 Å². The van der Waals surface area contributed by atoms with Crippen molar-refractivity contribution in [3.8, 4) is 0 Å². The van der Waals surface area contributed by atoms with Gasteiger partial charge in [0.15, 0.2) is 0 Å². The summed E-state index contributed by atoms with van der Waals surface area (Å²) in [7, 11) is 0. The van der Waals surface area contributed by atoms with Crippen LogP contribution in [0.15, 0.2) is 40.2 Å². The number of benzene rings is 1. The fourth-order valence-corrected chi connectivity index (χ4v) is 1.81. The highest BCUT2D eigenvalue weighted by atomic mass is 79.9. The second-order valence-corrected chi connectivity index (χ2v) is 4.55. The van der Waals surface area contributed by atoms with Gasteiger partial charge in [0, 0.05) is 11.3 Å². The monoisotopic (exact) mass is 242 g/mol. The molecule has 0 radical (unpaired) electrons. The van der Waals surface area contributed by atoms with Gasteiger partial charge in [0.25, 0.3) is 0 Å². The minimum absolute atomic E-state index is 0.911. The van der Waals surface area contributed by atoms with Crippen LogP contribution in [-0.4, -0.2) is 6.26 Å². The summed E-state index contributed by atoms with van der Waals surface area (Å²) in [5.41, 5.74) is 1.31. The van der Waals surface area contributed by atoms with Crippen LogP contribution < -0.4 is 0 Å². The summed E-state index contributed by atoms with van der Waals surface area (Å²) in [5.74, 6) is 0. The predicted molar refractivity (Wildman–Crippen MR) is 60.0 cm³/mol. The van der Waals surface area contributed by atoms with Gasteiger partial charge >= 0.3 is 0 Å². The highest BCUT2D eigenvalue weighted by Crippen LogP contribution is 2.18. The molecule has 0 bridgehead atoms. The lowest BCUT2D eigenvalue weighted by Gasteiger charge is -2.01. The molecule has 0 amide bonds. The van der Waals surface area contributed by atoms with Gasteiger partial charge in [0.2, 0.25) is 0 Å². The van der Waals surface area contributed by atoms with E-state index >= 15 is 0 Å². The molecule has 0 heterocycles. The van der Waals surface area contributed by atoms with Crippen LogP contribution in [0.1, 0.15) is 5.56 Å². The molecule has 12 heavy (non-hydrogen) atoms. The van der Waals surface area contributed by atoms with E-state index in [0.717, 1.165) is 10.9 Å². The first-order chi connectivity index (χ1) is 5.72. The maximum Gasteiger partial charge on any atom is 0.00719 e. The molecule has 0 aromatic heterocycles. The van der Waals surface area contributed by atoms with Gasteiger partial charge in [-0.15, -0.1) is 11.8 Å². The lowest BCUT2D eigenvalue weighted by Crippen LogP contribution is -1.83. The quantitative estimate of drug-likeness (QED) is 0.726. The van der Waals surface area contributed by atoms with Gasteiger partial charge in [-0.05, 0) is 28.4 Å². The van der Waals surface area contributed by atoms with Crippen molar-refractivity contribution in [2.75, 3.05) is 6.26 Å². The second kappa shape index (κ2) is 4.73. The lowest BCUT2D eigenvalue weighted by molar-refractivity contribution is 1.23. The largest absolute Gasteiger partial charge is 0.130 e. The Morgan fingerprint density at radius 1 is 1.58 bits per heavy atom. The summed E-state index contributed by atoms with van der Waals surface area (Å²) in [6.45, 7) is 3.82. The SMILES string of the molecule is C=C(Br)Cc1cccc(SC)c1. The molecule has 1 aromatic carbocycles. The van der Waals surface area contributed by atoms with E-state index in [0.29, 0.717) is 0 Å². The van der Waals surface area contributed by atoms with E-state index in [2.05, 4.69) is 53.0 Å². The summed E-state index contributed by atoms with van der Waals surface area (Å²) in [6, 6.07) is 8.51. The molecule has 2 heteroatoms. The first kappa shape index (κ1) is 9.87. The number of rotatable bonds is 3. The standard InChI is InChI=1S/C10H11BrS/c1-8(11)6-9-4-3-5-10(7-9)12-2/h3-5,7H,1,6H2,2H3. The molecule has 0 unspecified atom stereocenters. The van der Waals surface area contributed by atoms with Crippen molar-refractivity contribution < 1.29 is 0 Å². The molecule has 0 spiro atoms. The molecule has 0 fully saturated rings. The Bertz CT molecular complexity index is 281. The molecule has 0 nitrogen and oxygen atoms in total. The predicted octanol–water partition coefficient (Wildman–Crippen LogP) is 3.86. The minimum atomic E-state index is 0.911. The molecule has 0 saturated heterocycles. The van der Waals surface area contributed by atoms with Gasteiger partial charge in [-0.1, -0.05) is 34.6 Å². The zero-order valence-electron chi connectivity index (χ0n) is 7.01. The van der Waals surface area contributed by atoms with Crippen molar-refractivity contribution in [2.24, 2.45) is 0 Å². The first-order valence-corrected chi connectivity index (χ1v) is 5.70. The normalized spacial score (nSPS) is 9.83. The maximum absolute atomic E-state index is 3.82. The van der Waals surface area contributed by atoms with Gasteiger partial charge in [-0.2, -0.15) is 0 Å². The van der Waals surface area contributed by atoms with Gasteiger partial charge in [0.05, 0.1) is 0 Å². The molecule has 1 aromatic rings. The van der Waals surface area contributed by atoms with Crippen LogP contribution in [0.3, 0.4) is 0 Å². The fourth-order valence-electron chi connectivity index (χ4n) is 1.00. The van der Waals surface area contributed by atoms with Crippen LogP contribution in [-0.2, 0) is 6.42 Å². The van der Waals surface area contributed by atoms with Gasteiger partial charge < -0.3 is 0 Å². The molecule has 0 aliphatic heterocycles. The Kier molecular flexibility index (Phi) is 3.89. The molecule has 0 aliphatic rings. The zero-order chi connectivity index (χ0) is 8.97. The number of hydrogen-bond donors (Lipinski definition) is 0. The topological polar surface area (TPSA) is 0 Å². The third-order valence-electron chi connectivity index (χ3n) is 1.53. The van der Waals surface area contributed by atoms with E-state index in [1.807, 2.05) is 0 Å². The van der Waals surface area contributed by atoms with Crippen LogP contribution in [0.2, 0.25) is 0 Å². The highest BCUT2D eigenvalue weighted by molar-refractivity contribution is 9.11. The summed E-state index contributed by atoms with van der Waals surface area (Å²) in [4.78, 5) is 1.31. The average molecular weight is 243 g/mol. The highest BCUT2D eigenvalue weighted by Gasteiger charge is 1.95. The van der Waals surface area contributed by atoms with Crippen LogP contribution >= 0.6 is 27.7 Å². The smallest absolute Gasteiger partial charge is 0.00719 e. The van der Waals surface area contributed by atoms with E-state index in [1.54, 1.807) is 11.8 Å². The van der Waals surface area contributed by atoms with Crippen molar-refractivity contribution >= 4 is 27.7 Å². The molecule has 0 aliphatic carbocycles. The lowest BCUT2D eigenvalue weighted by atomic mass is 10.1. The van der Waals surface area contributed by atoms with Crippen LogP contribution in [0.25, 0.3) is 0 Å². The molecule has 0 saturated carbocycles. The van der Waals surface area contributed by atoms with E-state index in [-0.39, 0.29) is 0 Å². The molecule has 64 valence electrons. The Morgan fingerprint density at radius 2 is 2.33 bits per heavy atom. The Hall–Kier alpha value is -0.210. The second-order valence-electron chi connectivity index (χ2n) is 2.55.